The summed E-state index contributed by atoms with van der Waals surface area (Å²) in [6.07, 6.45) is 3.08. The Morgan fingerprint density at radius 1 is 1.50 bits per heavy atom. The Morgan fingerprint density at radius 3 is 3.00 bits per heavy atom. The number of ether oxygens (including phenoxy) is 1. The van der Waals surface area contributed by atoms with Crippen molar-refractivity contribution in [3.05, 3.63) is 11.9 Å². The van der Waals surface area contributed by atoms with Crippen LogP contribution in [-0.2, 0) is 22.6 Å². The molecule has 0 unspecified atom stereocenters. The van der Waals surface area contributed by atoms with Gasteiger partial charge in [0.15, 0.2) is 0 Å². The minimum atomic E-state index is 0.0835. The predicted octanol–water partition coefficient (Wildman–Crippen LogP) is -0.363. The summed E-state index contributed by atoms with van der Waals surface area (Å²) in [4.78, 5) is 13.4. The van der Waals surface area contributed by atoms with Crippen molar-refractivity contribution < 1.29 is 9.53 Å². The second-order valence-electron chi connectivity index (χ2n) is 5.81. The number of rotatable bonds is 5. The van der Waals surface area contributed by atoms with Crippen LogP contribution in [0.3, 0.4) is 0 Å². The number of carbonyl (C=O) groups is 1. The first kappa shape index (κ1) is 13.5. The Hall–Kier alpha value is -1.47. The van der Waals surface area contributed by atoms with Gasteiger partial charge in [0.05, 0.1) is 32.0 Å². The maximum atomic E-state index is 11.3. The first-order valence-electron chi connectivity index (χ1n) is 7.15. The summed E-state index contributed by atoms with van der Waals surface area (Å²) in [5, 5.41) is 11.2. The van der Waals surface area contributed by atoms with Crippen molar-refractivity contribution in [1.82, 2.24) is 25.2 Å². The van der Waals surface area contributed by atoms with E-state index < -0.39 is 0 Å². The number of hydrogen-bond acceptors (Lipinski definition) is 5. The van der Waals surface area contributed by atoms with Crippen molar-refractivity contribution >= 4 is 5.91 Å². The van der Waals surface area contributed by atoms with E-state index in [-0.39, 0.29) is 11.3 Å². The first-order valence-corrected chi connectivity index (χ1v) is 7.15. The molecule has 1 aromatic rings. The SMILES string of the molecule is CCC1(Cn2cc(CN3CCNC(=O)C3)nn2)COC1. The standard InChI is InChI=1S/C13H21N5O2/c1-2-13(9-20-10-13)8-18-6-11(15-16-18)5-17-4-3-14-12(19)7-17/h6H,2-5,7-10H2,1H3,(H,14,19). The van der Waals surface area contributed by atoms with Crippen LogP contribution in [0.25, 0.3) is 0 Å². The lowest BCUT2D eigenvalue weighted by atomic mass is 9.83. The summed E-state index contributed by atoms with van der Waals surface area (Å²) in [5.74, 6) is 0.0835. The lowest BCUT2D eigenvalue weighted by Gasteiger charge is -2.40. The fraction of sp³-hybridized carbons (Fsp3) is 0.769. The molecule has 3 heterocycles. The number of nitrogens with one attached hydrogen (secondary N) is 1. The third kappa shape index (κ3) is 2.83. The van der Waals surface area contributed by atoms with E-state index >= 15 is 0 Å². The molecule has 20 heavy (non-hydrogen) atoms. The average Bonchev–Trinajstić information content (AvgIpc) is 2.81. The lowest BCUT2D eigenvalue weighted by Crippen LogP contribution is -2.47. The van der Waals surface area contributed by atoms with Gasteiger partial charge in [0.25, 0.3) is 0 Å². The summed E-state index contributed by atoms with van der Waals surface area (Å²) in [6.45, 7) is 7.37. The highest BCUT2D eigenvalue weighted by atomic mass is 16.5. The number of hydrogen-bond donors (Lipinski definition) is 1. The zero-order valence-corrected chi connectivity index (χ0v) is 11.8. The van der Waals surface area contributed by atoms with Gasteiger partial charge in [-0.15, -0.1) is 5.10 Å². The molecule has 3 rings (SSSR count). The van der Waals surface area contributed by atoms with Crippen LogP contribution in [0.1, 0.15) is 19.0 Å². The molecular formula is C13H21N5O2. The van der Waals surface area contributed by atoms with E-state index in [4.69, 9.17) is 4.74 Å². The third-order valence-electron chi connectivity index (χ3n) is 4.15. The molecule has 2 fully saturated rings. The summed E-state index contributed by atoms with van der Waals surface area (Å²) < 4.78 is 7.24. The van der Waals surface area contributed by atoms with E-state index in [9.17, 15) is 4.79 Å². The molecule has 0 spiro atoms. The maximum Gasteiger partial charge on any atom is 0.234 e. The van der Waals surface area contributed by atoms with Gasteiger partial charge in [-0.25, -0.2) is 0 Å². The smallest absolute Gasteiger partial charge is 0.234 e. The molecule has 0 aromatic carbocycles. The lowest BCUT2D eigenvalue weighted by molar-refractivity contribution is -0.125. The molecule has 0 radical (unpaired) electrons. The number of nitrogens with zero attached hydrogens (tertiary/aromatic N) is 4. The summed E-state index contributed by atoms with van der Waals surface area (Å²) >= 11 is 0. The van der Waals surface area contributed by atoms with Gasteiger partial charge in [-0.3, -0.25) is 14.4 Å². The van der Waals surface area contributed by atoms with Gasteiger partial charge in [0, 0.05) is 31.2 Å². The molecule has 0 atom stereocenters. The number of carbonyl (C=O) groups excluding carboxylic acids is 1. The molecule has 1 N–H and O–H groups in total. The molecule has 2 aliphatic heterocycles. The molecular weight excluding hydrogens is 258 g/mol. The van der Waals surface area contributed by atoms with Crippen LogP contribution in [0.4, 0.5) is 0 Å². The molecule has 2 saturated heterocycles. The van der Waals surface area contributed by atoms with E-state index in [2.05, 4.69) is 27.5 Å². The van der Waals surface area contributed by atoms with Gasteiger partial charge in [0.1, 0.15) is 0 Å². The van der Waals surface area contributed by atoms with Crippen molar-refractivity contribution in [3.8, 4) is 0 Å². The fourth-order valence-corrected chi connectivity index (χ4v) is 2.69. The molecule has 110 valence electrons. The number of piperazine rings is 1. The highest BCUT2D eigenvalue weighted by Gasteiger charge is 2.37. The summed E-state index contributed by atoms with van der Waals surface area (Å²) in [6, 6.07) is 0. The minimum Gasteiger partial charge on any atom is -0.380 e. The van der Waals surface area contributed by atoms with Crippen molar-refractivity contribution in [2.24, 2.45) is 5.41 Å². The van der Waals surface area contributed by atoms with Crippen molar-refractivity contribution in [2.45, 2.75) is 26.4 Å². The first-order chi connectivity index (χ1) is 9.69. The fourth-order valence-electron chi connectivity index (χ4n) is 2.69. The van der Waals surface area contributed by atoms with Crippen molar-refractivity contribution in [2.75, 3.05) is 32.8 Å². The average molecular weight is 279 g/mol. The van der Waals surface area contributed by atoms with E-state index in [0.717, 1.165) is 38.4 Å². The Kier molecular flexibility index (Phi) is 3.71. The molecule has 7 heteroatoms. The van der Waals surface area contributed by atoms with Gasteiger partial charge in [0.2, 0.25) is 5.91 Å². The van der Waals surface area contributed by atoms with Crippen molar-refractivity contribution in [1.29, 1.82) is 0 Å². The molecule has 1 aromatic heterocycles. The largest absolute Gasteiger partial charge is 0.380 e. The van der Waals surface area contributed by atoms with Crippen LogP contribution < -0.4 is 5.32 Å². The zero-order chi connectivity index (χ0) is 14.0. The Labute approximate surface area is 118 Å². The van der Waals surface area contributed by atoms with E-state index in [0.29, 0.717) is 19.6 Å². The molecule has 1 amide bonds. The second kappa shape index (κ2) is 5.49. The third-order valence-corrected chi connectivity index (χ3v) is 4.15. The second-order valence-corrected chi connectivity index (χ2v) is 5.81. The molecule has 0 bridgehead atoms. The van der Waals surface area contributed by atoms with E-state index in [1.54, 1.807) is 0 Å². The highest BCUT2D eigenvalue weighted by molar-refractivity contribution is 5.78. The van der Waals surface area contributed by atoms with Crippen LogP contribution in [-0.4, -0.2) is 58.6 Å². The zero-order valence-electron chi connectivity index (χ0n) is 11.8. The van der Waals surface area contributed by atoms with Gasteiger partial charge in [-0.2, -0.15) is 0 Å². The number of amides is 1. The monoisotopic (exact) mass is 279 g/mol. The summed E-state index contributed by atoms with van der Waals surface area (Å²) in [5.41, 5.74) is 1.15. The van der Waals surface area contributed by atoms with E-state index in [1.807, 2.05) is 10.9 Å². The van der Waals surface area contributed by atoms with Gasteiger partial charge in [-0.1, -0.05) is 12.1 Å². The quantitative estimate of drug-likeness (QED) is 0.796. The predicted molar refractivity (Wildman–Crippen MR) is 71.9 cm³/mol. The van der Waals surface area contributed by atoms with Gasteiger partial charge < -0.3 is 10.1 Å². The normalized spacial score (nSPS) is 22.4. The molecule has 7 nitrogen and oxygen atoms in total. The van der Waals surface area contributed by atoms with E-state index in [1.165, 1.54) is 0 Å². The van der Waals surface area contributed by atoms with Gasteiger partial charge >= 0.3 is 0 Å². The highest BCUT2D eigenvalue weighted by Crippen LogP contribution is 2.32. The minimum absolute atomic E-state index is 0.0835. The molecule has 2 aliphatic rings. The van der Waals surface area contributed by atoms with Crippen LogP contribution in [0.5, 0.6) is 0 Å². The Bertz CT molecular complexity index is 477. The molecule has 0 aliphatic carbocycles. The van der Waals surface area contributed by atoms with Crippen LogP contribution >= 0.6 is 0 Å². The number of aromatic nitrogens is 3. The van der Waals surface area contributed by atoms with Crippen LogP contribution in [0.15, 0.2) is 6.20 Å². The Morgan fingerprint density at radius 2 is 2.35 bits per heavy atom. The maximum absolute atomic E-state index is 11.3. The summed E-state index contributed by atoms with van der Waals surface area (Å²) in [7, 11) is 0. The van der Waals surface area contributed by atoms with Crippen LogP contribution in [0.2, 0.25) is 0 Å². The topological polar surface area (TPSA) is 72.3 Å². The Balaban J connectivity index is 1.57. The van der Waals surface area contributed by atoms with Crippen LogP contribution in [0, 0.1) is 5.41 Å². The van der Waals surface area contributed by atoms with Gasteiger partial charge in [-0.05, 0) is 6.42 Å². The van der Waals surface area contributed by atoms with Crippen molar-refractivity contribution in [3.63, 3.8) is 0 Å². The molecule has 0 saturated carbocycles.